The molecule has 1 unspecified atom stereocenters. The van der Waals surface area contributed by atoms with E-state index in [-0.39, 0.29) is 12.1 Å². The molecule has 1 amide bonds. The summed E-state index contributed by atoms with van der Waals surface area (Å²) < 4.78 is 14.0. The van der Waals surface area contributed by atoms with Crippen molar-refractivity contribution in [2.75, 3.05) is 32.5 Å². The van der Waals surface area contributed by atoms with Crippen molar-refractivity contribution in [3.05, 3.63) is 61.1 Å². The predicted molar refractivity (Wildman–Crippen MR) is 158 cm³/mol. The largest absolute Gasteiger partial charge is 0.493 e. The Kier molecular flexibility index (Phi) is 7.40. The summed E-state index contributed by atoms with van der Waals surface area (Å²) in [6, 6.07) is 16.3. The average Bonchev–Trinajstić information content (AvgIpc) is 3.39. The van der Waals surface area contributed by atoms with Crippen molar-refractivity contribution in [1.29, 1.82) is 0 Å². The van der Waals surface area contributed by atoms with Crippen LogP contribution in [0.5, 0.6) is 17.2 Å². The van der Waals surface area contributed by atoms with Crippen LogP contribution >= 0.6 is 0 Å². The summed E-state index contributed by atoms with van der Waals surface area (Å²) in [5.41, 5.74) is 9.18. The standard InChI is InChI=1S/C31H36N6O4/c1-20-17-35(14-15-36(20)31(38)39)22-9-11-23(12-10-22)37-18-25(28-29(32)33-19-34-30(28)37)21-8-13-26(27(16-21)40-2)41-24-6-4-3-5-7-24/h3-8,13,16,18-20,22-23H,9-12,14-15,17H2,1-2H3,(H,38,39)(H2,32,33,34)/t20?,22-,23-. The molecule has 4 aromatic rings. The van der Waals surface area contributed by atoms with Gasteiger partial charge in [-0.3, -0.25) is 4.90 Å². The van der Waals surface area contributed by atoms with Crippen LogP contribution in [0, 0.1) is 0 Å². The number of carboxylic acid groups (broad SMARTS) is 1. The number of amides is 1. The zero-order chi connectivity index (χ0) is 28.5. The minimum Gasteiger partial charge on any atom is -0.493 e. The number of para-hydroxylation sites is 1. The molecule has 3 N–H and O–H groups in total. The van der Waals surface area contributed by atoms with Crippen LogP contribution in [-0.4, -0.2) is 74.4 Å². The van der Waals surface area contributed by atoms with Gasteiger partial charge in [0.15, 0.2) is 11.5 Å². The van der Waals surface area contributed by atoms with Gasteiger partial charge in [0.05, 0.1) is 12.5 Å². The molecule has 1 aliphatic carbocycles. The number of hydrogen-bond donors (Lipinski definition) is 2. The number of nitrogens with two attached hydrogens (primary N) is 1. The molecule has 1 saturated carbocycles. The highest BCUT2D eigenvalue weighted by Crippen LogP contribution is 2.42. The van der Waals surface area contributed by atoms with Gasteiger partial charge in [-0.1, -0.05) is 24.3 Å². The fourth-order valence-corrected chi connectivity index (χ4v) is 6.44. The molecular formula is C31H36N6O4. The Morgan fingerprint density at radius 3 is 2.46 bits per heavy atom. The third kappa shape index (κ3) is 5.27. The van der Waals surface area contributed by atoms with E-state index in [1.807, 2.05) is 55.5 Å². The Morgan fingerprint density at radius 2 is 1.76 bits per heavy atom. The number of hydrogen-bond acceptors (Lipinski definition) is 7. The smallest absolute Gasteiger partial charge is 0.407 e. The summed E-state index contributed by atoms with van der Waals surface area (Å²) in [5, 5.41) is 10.3. The highest BCUT2D eigenvalue weighted by atomic mass is 16.5. The molecule has 41 heavy (non-hydrogen) atoms. The molecule has 0 spiro atoms. The van der Waals surface area contributed by atoms with E-state index in [0.29, 0.717) is 29.9 Å². The monoisotopic (exact) mass is 556 g/mol. The number of carbonyl (C=O) groups is 1. The number of benzene rings is 2. The first-order valence-electron chi connectivity index (χ1n) is 14.2. The number of aromatic nitrogens is 3. The first-order valence-corrected chi connectivity index (χ1v) is 14.2. The Labute approximate surface area is 239 Å². The molecule has 214 valence electrons. The topological polar surface area (TPSA) is 119 Å². The lowest BCUT2D eigenvalue weighted by atomic mass is 9.89. The normalized spacial score (nSPS) is 21.6. The van der Waals surface area contributed by atoms with Crippen LogP contribution in [0.2, 0.25) is 0 Å². The van der Waals surface area contributed by atoms with E-state index in [1.54, 1.807) is 12.0 Å². The van der Waals surface area contributed by atoms with E-state index < -0.39 is 6.09 Å². The molecular weight excluding hydrogens is 520 g/mol. The van der Waals surface area contributed by atoms with Crippen LogP contribution in [0.25, 0.3) is 22.2 Å². The molecule has 0 radical (unpaired) electrons. The van der Waals surface area contributed by atoms with Gasteiger partial charge in [0.1, 0.15) is 23.5 Å². The van der Waals surface area contributed by atoms with Gasteiger partial charge in [-0.15, -0.1) is 0 Å². The molecule has 2 aromatic carbocycles. The van der Waals surface area contributed by atoms with E-state index in [1.165, 1.54) is 6.33 Å². The second-order valence-electron chi connectivity index (χ2n) is 11.0. The van der Waals surface area contributed by atoms with Crippen molar-refractivity contribution in [3.8, 4) is 28.4 Å². The second-order valence-corrected chi connectivity index (χ2v) is 11.0. The maximum atomic E-state index is 11.5. The van der Waals surface area contributed by atoms with E-state index in [2.05, 4.69) is 25.6 Å². The van der Waals surface area contributed by atoms with Gasteiger partial charge in [0.2, 0.25) is 0 Å². The number of nitrogens with zero attached hydrogens (tertiary/aromatic N) is 5. The maximum Gasteiger partial charge on any atom is 0.407 e. The van der Waals surface area contributed by atoms with Crippen molar-refractivity contribution >= 4 is 22.9 Å². The number of rotatable bonds is 6. The van der Waals surface area contributed by atoms with Crippen molar-refractivity contribution in [2.45, 2.75) is 50.7 Å². The molecule has 2 fully saturated rings. The van der Waals surface area contributed by atoms with Crippen molar-refractivity contribution in [3.63, 3.8) is 0 Å². The summed E-state index contributed by atoms with van der Waals surface area (Å²) in [6.07, 6.45) is 6.99. The fraction of sp³-hybridized carbons (Fsp3) is 0.387. The van der Waals surface area contributed by atoms with Gasteiger partial charge in [0, 0.05) is 49.5 Å². The third-order valence-electron chi connectivity index (χ3n) is 8.56. The number of anilines is 1. The van der Waals surface area contributed by atoms with Crippen LogP contribution in [0.3, 0.4) is 0 Å². The Bertz CT molecular complexity index is 1530. The fourth-order valence-electron chi connectivity index (χ4n) is 6.44. The summed E-state index contributed by atoms with van der Waals surface area (Å²) in [5.74, 6) is 2.44. The molecule has 1 aliphatic heterocycles. The van der Waals surface area contributed by atoms with Crippen molar-refractivity contribution in [2.24, 2.45) is 0 Å². The minimum absolute atomic E-state index is 0.0103. The summed E-state index contributed by atoms with van der Waals surface area (Å²) in [4.78, 5) is 24.5. The molecule has 6 rings (SSSR count). The molecule has 1 saturated heterocycles. The zero-order valence-corrected chi connectivity index (χ0v) is 23.4. The predicted octanol–water partition coefficient (Wildman–Crippen LogP) is 5.65. The van der Waals surface area contributed by atoms with E-state index in [4.69, 9.17) is 15.2 Å². The lowest BCUT2D eigenvalue weighted by Crippen LogP contribution is -2.56. The van der Waals surface area contributed by atoms with E-state index in [0.717, 1.165) is 66.7 Å². The molecule has 10 nitrogen and oxygen atoms in total. The second kappa shape index (κ2) is 11.3. The molecule has 10 heteroatoms. The van der Waals surface area contributed by atoms with Gasteiger partial charge in [-0.25, -0.2) is 14.8 Å². The first-order chi connectivity index (χ1) is 19.9. The Morgan fingerprint density at radius 1 is 1.00 bits per heavy atom. The van der Waals surface area contributed by atoms with Gasteiger partial charge in [-0.05, 0) is 62.4 Å². The summed E-state index contributed by atoms with van der Waals surface area (Å²) >= 11 is 0. The molecule has 1 atom stereocenters. The Balaban J connectivity index is 1.24. The Hall–Kier alpha value is -4.31. The third-order valence-corrected chi connectivity index (χ3v) is 8.56. The zero-order valence-electron chi connectivity index (χ0n) is 23.4. The van der Waals surface area contributed by atoms with Gasteiger partial charge < -0.3 is 29.8 Å². The van der Waals surface area contributed by atoms with Gasteiger partial charge in [-0.2, -0.15) is 0 Å². The van der Waals surface area contributed by atoms with Crippen LogP contribution in [0.15, 0.2) is 61.1 Å². The number of piperazine rings is 1. The molecule has 3 heterocycles. The number of nitrogen functional groups attached to an aromatic ring is 1. The van der Waals surface area contributed by atoms with Crippen LogP contribution < -0.4 is 15.2 Å². The highest BCUT2D eigenvalue weighted by Gasteiger charge is 2.34. The van der Waals surface area contributed by atoms with E-state index >= 15 is 0 Å². The molecule has 0 bridgehead atoms. The quantitative estimate of drug-likeness (QED) is 0.313. The SMILES string of the molecule is COc1cc(-c2cn([C@H]3CC[C@H](N4CCN(C(=O)O)C(C)C4)CC3)c3ncnc(N)c23)ccc1Oc1ccccc1. The van der Waals surface area contributed by atoms with Gasteiger partial charge in [0.25, 0.3) is 0 Å². The molecule has 2 aliphatic rings. The van der Waals surface area contributed by atoms with E-state index in [9.17, 15) is 9.90 Å². The average molecular weight is 557 g/mol. The van der Waals surface area contributed by atoms with Gasteiger partial charge >= 0.3 is 6.09 Å². The van der Waals surface area contributed by atoms with Crippen LogP contribution in [0.1, 0.15) is 38.6 Å². The summed E-state index contributed by atoms with van der Waals surface area (Å²) in [6.45, 7) is 4.14. The number of methoxy groups -OCH3 is 1. The molecule has 2 aromatic heterocycles. The highest BCUT2D eigenvalue weighted by molar-refractivity contribution is 6.01. The lowest BCUT2D eigenvalue weighted by molar-refractivity contribution is 0.0402. The van der Waals surface area contributed by atoms with Crippen molar-refractivity contribution < 1.29 is 19.4 Å². The first kappa shape index (κ1) is 26.9. The van der Waals surface area contributed by atoms with Crippen molar-refractivity contribution in [1.82, 2.24) is 24.3 Å². The number of ether oxygens (including phenoxy) is 2. The maximum absolute atomic E-state index is 11.5. The number of fused-ring (bicyclic) bond motifs is 1. The summed E-state index contributed by atoms with van der Waals surface area (Å²) in [7, 11) is 1.64. The lowest BCUT2D eigenvalue weighted by Gasteiger charge is -2.44. The van der Waals surface area contributed by atoms with Crippen LogP contribution in [-0.2, 0) is 0 Å². The van der Waals surface area contributed by atoms with Crippen LogP contribution in [0.4, 0.5) is 10.6 Å². The minimum atomic E-state index is -0.826.